The van der Waals surface area contributed by atoms with Gasteiger partial charge in [0.25, 0.3) is 0 Å². The number of rotatable bonds is 1. The van der Waals surface area contributed by atoms with Gasteiger partial charge in [-0.2, -0.15) is 0 Å². The first-order valence-electron chi connectivity index (χ1n) is 6.28. The Morgan fingerprint density at radius 1 is 1.20 bits per heavy atom. The summed E-state index contributed by atoms with van der Waals surface area (Å²) in [4.78, 5) is 14.9. The average Bonchev–Trinajstić information content (AvgIpc) is 2.92. The minimum atomic E-state index is -0.387. The highest BCUT2D eigenvalue weighted by Gasteiger charge is 2.02. The van der Waals surface area contributed by atoms with Crippen LogP contribution in [-0.2, 0) is 16.6 Å². The van der Waals surface area contributed by atoms with Crippen molar-refractivity contribution in [2.45, 2.75) is 0 Å². The third-order valence-electron chi connectivity index (χ3n) is 3.31. The minimum Gasteiger partial charge on any atom is -0.466 e. The summed E-state index contributed by atoms with van der Waals surface area (Å²) in [6.45, 7) is 0. The van der Waals surface area contributed by atoms with E-state index in [0.717, 1.165) is 16.6 Å². The molecule has 5 heteroatoms. The molecule has 0 bridgehead atoms. The monoisotopic (exact) mass is 269 g/mol. The summed E-state index contributed by atoms with van der Waals surface area (Å²) < 4.78 is 8.73. The van der Waals surface area contributed by atoms with E-state index in [0.29, 0.717) is 5.35 Å². The van der Waals surface area contributed by atoms with E-state index in [9.17, 15) is 4.79 Å². The second kappa shape index (κ2) is 4.77. The fraction of sp³-hybridized carbons (Fsp3) is 0.133. The second-order valence-electron chi connectivity index (χ2n) is 4.48. The van der Waals surface area contributed by atoms with Gasteiger partial charge in [-0.3, -0.25) is 9.20 Å². The number of aromatic nitrogens is 3. The van der Waals surface area contributed by atoms with Crippen LogP contribution in [0, 0.1) is 0 Å². The second-order valence-corrected chi connectivity index (χ2v) is 4.48. The molecule has 0 spiro atoms. The Morgan fingerprint density at radius 2 is 1.95 bits per heavy atom. The molecule has 1 aromatic carbocycles. The number of fused-ring (bicyclic) bond motifs is 2. The van der Waals surface area contributed by atoms with Gasteiger partial charge in [0, 0.05) is 19.3 Å². The smallest absolute Gasteiger partial charge is 0.332 e. The Bertz CT molecular complexity index is 881. The Balaban J connectivity index is 2.56. The maximum absolute atomic E-state index is 11.6. The first-order chi connectivity index (χ1) is 9.70. The number of hydrogen-bond acceptors (Lipinski definition) is 2. The van der Waals surface area contributed by atoms with E-state index < -0.39 is 0 Å². The Labute approximate surface area is 115 Å². The number of hydrogen-bond donors (Lipinski definition) is 1. The number of aromatic amines is 1. The van der Waals surface area contributed by atoms with Gasteiger partial charge in [-0.05, 0) is 24.3 Å². The van der Waals surface area contributed by atoms with Crippen molar-refractivity contribution in [3.63, 3.8) is 0 Å². The molecule has 102 valence electrons. The molecular formula is C15H15N3O2. The van der Waals surface area contributed by atoms with Gasteiger partial charge in [0.15, 0.2) is 0 Å². The van der Waals surface area contributed by atoms with Crippen molar-refractivity contribution < 1.29 is 9.53 Å². The van der Waals surface area contributed by atoms with Crippen LogP contribution in [0.15, 0.2) is 42.6 Å². The van der Waals surface area contributed by atoms with Gasteiger partial charge < -0.3 is 9.72 Å². The van der Waals surface area contributed by atoms with Crippen LogP contribution in [0.5, 0.6) is 0 Å². The molecule has 0 aliphatic heterocycles. The zero-order chi connectivity index (χ0) is 14.1. The Morgan fingerprint density at radius 3 is 2.75 bits per heavy atom. The van der Waals surface area contributed by atoms with Gasteiger partial charge >= 0.3 is 5.97 Å². The molecule has 5 nitrogen and oxygen atoms in total. The van der Waals surface area contributed by atoms with Crippen LogP contribution in [0.25, 0.3) is 22.6 Å². The van der Waals surface area contributed by atoms with Crippen molar-refractivity contribution in [1.29, 1.82) is 0 Å². The summed E-state index contributed by atoms with van der Waals surface area (Å²) in [7, 11) is 3.35. The first kappa shape index (κ1) is 12.3. The summed E-state index contributed by atoms with van der Waals surface area (Å²) in [5, 5.41) is 0.707. The van der Waals surface area contributed by atoms with Crippen LogP contribution in [0.2, 0.25) is 0 Å². The number of esters is 1. The number of aryl methyl sites for hydroxylation is 1. The molecule has 0 radical (unpaired) electrons. The van der Waals surface area contributed by atoms with Crippen molar-refractivity contribution in [2.24, 2.45) is 7.05 Å². The van der Waals surface area contributed by atoms with Crippen molar-refractivity contribution in [3.05, 3.63) is 47.9 Å². The molecule has 0 fully saturated rings. The lowest BCUT2D eigenvalue weighted by Crippen LogP contribution is -2.12. The molecule has 2 aromatic heterocycles. The van der Waals surface area contributed by atoms with E-state index in [1.54, 1.807) is 0 Å². The van der Waals surface area contributed by atoms with Gasteiger partial charge in [0.05, 0.1) is 29.0 Å². The van der Waals surface area contributed by atoms with E-state index in [2.05, 4.69) is 4.98 Å². The van der Waals surface area contributed by atoms with Crippen LogP contribution in [0.4, 0.5) is 0 Å². The number of nitrogens with zero attached hydrogens (tertiary/aromatic N) is 2. The molecular weight excluding hydrogens is 254 g/mol. The summed E-state index contributed by atoms with van der Waals surface area (Å²) >= 11 is 0. The molecule has 0 aliphatic rings. The lowest BCUT2D eigenvalue weighted by molar-refractivity contribution is -0.133. The maximum Gasteiger partial charge on any atom is 0.332 e. The SMILES string of the molecule is COC(=O)/C=c1/[nH]c2ccccc2n(C)n2cccc12. The molecule has 0 saturated heterocycles. The number of para-hydroxylation sites is 2. The van der Waals surface area contributed by atoms with E-state index in [1.165, 1.54) is 13.2 Å². The van der Waals surface area contributed by atoms with Gasteiger partial charge in [0.1, 0.15) is 0 Å². The van der Waals surface area contributed by atoms with Gasteiger partial charge in [-0.15, -0.1) is 0 Å². The number of methoxy groups -OCH3 is 1. The predicted molar refractivity (Wildman–Crippen MR) is 77.6 cm³/mol. The fourth-order valence-corrected chi connectivity index (χ4v) is 2.32. The quantitative estimate of drug-likeness (QED) is 0.682. The van der Waals surface area contributed by atoms with E-state index in [-0.39, 0.29) is 5.97 Å². The highest BCUT2D eigenvalue weighted by Crippen LogP contribution is 2.09. The summed E-state index contributed by atoms with van der Waals surface area (Å²) in [5.41, 5.74) is 2.86. The van der Waals surface area contributed by atoms with Gasteiger partial charge in [-0.1, -0.05) is 12.1 Å². The lowest BCUT2D eigenvalue weighted by Gasteiger charge is -2.03. The number of nitrogens with one attached hydrogen (secondary N) is 1. The molecule has 3 rings (SSSR count). The number of carbonyl (C=O) groups is 1. The Kier molecular flexibility index (Phi) is 2.95. The molecule has 2 heterocycles. The number of ether oxygens (including phenoxy) is 1. The van der Waals surface area contributed by atoms with Crippen LogP contribution < -0.4 is 5.35 Å². The molecule has 20 heavy (non-hydrogen) atoms. The molecule has 3 aromatic rings. The van der Waals surface area contributed by atoms with Crippen LogP contribution >= 0.6 is 0 Å². The Hall–Kier alpha value is -2.69. The molecule has 0 amide bonds. The van der Waals surface area contributed by atoms with Crippen molar-refractivity contribution >= 4 is 28.6 Å². The third kappa shape index (κ3) is 1.93. The lowest BCUT2D eigenvalue weighted by atomic mass is 10.3. The normalized spacial score (nSPS) is 12.0. The fourth-order valence-electron chi connectivity index (χ4n) is 2.32. The zero-order valence-electron chi connectivity index (χ0n) is 11.3. The highest BCUT2D eigenvalue weighted by molar-refractivity contribution is 6.00. The average molecular weight is 269 g/mol. The molecule has 0 aliphatic carbocycles. The third-order valence-corrected chi connectivity index (χ3v) is 3.31. The highest BCUT2D eigenvalue weighted by atomic mass is 16.5. The zero-order valence-corrected chi connectivity index (χ0v) is 11.3. The predicted octanol–water partition coefficient (Wildman–Crippen LogP) is 1.56. The van der Waals surface area contributed by atoms with E-state index in [1.807, 2.05) is 58.8 Å². The number of benzene rings is 1. The molecule has 0 saturated carbocycles. The van der Waals surface area contributed by atoms with Gasteiger partial charge in [-0.25, -0.2) is 4.79 Å². The topological polar surface area (TPSA) is 51.4 Å². The van der Waals surface area contributed by atoms with Gasteiger partial charge in [0.2, 0.25) is 0 Å². The molecule has 0 atom stereocenters. The number of H-pyrrole nitrogens is 1. The largest absolute Gasteiger partial charge is 0.466 e. The van der Waals surface area contributed by atoms with Crippen LogP contribution in [0.3, 0.4) is 0 Å². The van der Waals surface area contributed by atoms with E-state index in [4.69, 9.17) is 4.74 Å². The van der Waals surface area contributed by atoms with Crippen LogP contribution in [0.1, 0.15) is 0 Å². The summed E-state index contributed by atoms with van der Waals surface area (Å²) in [6.07, 6.45) is 3.41. The molecule has 0 unspecified atom stereocenters. The number of carbonyl (C=O) groups excluding carboxylic acids is 1. The van der Waals surface area contributed by atoms with Crippen molar-refractivity contribution in [1.82, 2.24) is 14.2 Å². The minimum absolute atomic E-state index is 0.387. The van der Waals surface area contributed by atoms with Crippen LogP contribution in [-0.4, -0.2) is 27.3 Å². The van der Waals surface area contributed by atoms with Crippen molar-refractivity contribution in [2.75, 3.05) is 7.11 Å². The van der Waals surface area contributed by atoms with Crippen molar-refractivity contribution in [3.8, 4) is 0 Å². The summed E-state index contributed by atoms with van der Waals surface area (Å²) in [5.74, 6) is -0.387. The summed E-state index contributed by atoms with van der Waals surface area (Å²) in [6, 6.07) is 11.8. The molecule has 1 N–H and O–H groups in total. The van der Waals surface area contributed by atoms with E-state index >= 15 is 0 Å². The first-order valence-corrected chi connectivity index (χ1v) is 6.28. The maximum atomic E-state index is 11.6. The standard InChI is InChI=1S/C15H15N3O2/c1-17-13-7-4-3-6-11(13)16-12(10-15(19)20-2)14-8-5-9-18(14)17/h3-10,16H,1-2H3/b12-10+.